The molecular formula is C11H14N4. The fourth-order valence-electron chi connectivity index (χ4n) is 1.43. The van der Waals surface area contributed by atoms with Crippen LogP contribution in [0.2, 0.25) is 0 Å². The Balaban J connectivity index is 1.90. The standard InChI is InChI=1S/C11H14N4/c1-9(10-5-3-2-4-6-10)12-7-11-13-8-14-15-11/h2-6,8-9,12H,7H2,1H3,(H,13,14,15). The van der Waals surface area contributed by atoms with Gasteiger partial charge in [0.1, 0.15) is 12.2 Å². The minimum Gasteiger partial charge on any atom is -0.303 e. The van der Waals surface area contributed by atoms with Crippen LogP contribution in [0.5, 0.6) is 0 Å². The van der Waals surface area contributed by atoms with Crippen LogP contribution in [0.25, 0.3) is 0 Å². The molecule has 78 valence electrons. The summed E-state index contributed by atoms with van der Waals surface area (Å²) in [5.74, 6) is 0.859. The predicted octanol–water partition coefficient (Wildman–Crippen LogP) is 1.66. The lowest BCUT2D eigenvalue weighted by molar-refractivity contribution is 0.560. The Labute approximate surface area is 88.8 Å². The van der Waals surface area contributed by atoms with Crippen molar-refractivity contribution in [2.24, 2.45) is 0 Å². The first-order valence-electron chi connectivity index (χ1n) is 4.99. The maximum absolute atomic E-state index is 4.05. The van der Waals surface area contributed by atoms with E-state index in [1.807, 2.05) is 18.2 Å². The highest BCUT2D eigenvalue weighted by molar-refractivity contribution is 5.18. The van der Waals surface area contributed by atoms with Gasteiger partial charge in [0.2, 0.25) is 0 Å². The van der Waals surface area contributed by atoms with Crippen molar-refractivity contribution in [1.82, 2.24) is 20.5 Å². The Morgan fingerprint density at radius 3 is 2.80 bits per heavy atom. The summed E-state index contributed by atoms with van der Waals surface area (Å²) < 4.78 is 0. The van der Waals surface area contributed by atoms with E-state index < -0.39 is 0 Å². The van der Waals surface area contributed by atoms with E-state index in [-0.39, 0.29) is 0 Å². The molecule has 1 unspecified atom stereocenters. The van der Waals surface area contributed by atoms with Crippen molar-refractivity contribution in [2.75, 3.05) is 0 Å². The van der Waals surface area contributed by atoms with Gasteiger partial charge in [-0.25, -0.2) is 4.98 Å². The van der Waals surface area contributed by atoms with E-state index in [0.717, 1.165) is 5.82 Å². The Morgan fingerprint density at radius 1 is 1.33 bits per heavy atom. The van der Waals surface area contributed by atoms with Gasteiger partial charge >= 0.3 is 0 Å². The average molecular weight is 202 g/mol. The van der Waals surface area contributed by atoms with Gasteiger partial charge in [0.25, 0.3) is 0 Å². The average Bonchev–Trinajstić information content (AvgIpc) is 2.80. The first-order chi connectivity index (χ1) is 7.36. The van der Waals surface area contributed by atoms with E-state index in [1.165, 1.54) is 11.9 Å². The van der Waals surface area contributed by atoms with Crippen LogP contribution in [-0.4, -0.2) is 15.2 Å². The second-order valence-electron chi connectivity index (χ2n) is 3.45. The summed E-state index contributed by atoms with van der Waals surface area (Å²) in [6.07, 6.45) is 1.52. The monoisotopic (exact) mass is 202 g/mol. The predicted molar refractivity (Wildman–Crippen MR) is 58.1 cm³/mol. The number of hydrogen-bond donors (Lipinski definition) is 2. The Bertz CT molecular complexity index is 382. The van der Waals surface area contributed by atoms with Crippen LogP contribution in [0, 0.1) is 0 Å². The van der Waals surface area contributed by atoms with Crippen LogP contribution in [0.3, 0.4) is 0 Å². The molecule has 0 spiro atoms. The van der Waals surface area contributed by atoms with Crippen molar-refractivity contribution >= 4 is 0 Å². The molecule has 2 aromatic rings. The summed E-state index contributed by atoms with van der Waals surface area (Å²) in [6, 6.07) is 10.6. The van der Waals surface area contributed by atoms with Gasteiger partial charge in [-0.15, -0.1) is 0 Å². The molecule has 0 saturated carbocycles. The van der Waals surface area contributed by atoms with E-state index in [2.05, 4.69) is 39.6 Å². The number of aromatic nitrogens is 3. The molecule has 0 fully saturated rings. The molecule has 1 aromatic carbocycles. The second kappa shape index (κ2) is 4.70. The Hall–Kier alpha value is -1.68. The second-order valence-corrected chi connectivity index (χ2v) is 3.45. The highest BCUT2D eigenvalue weighted by Crippen LogP contribution is 2.11. The molecule has 0 amide bonds. The van der Waals surface area contributed by atoms with Crippen molar-refractivity contribution in [3.63, 3.8) is 0 Å². The molecule has 0 radical (unpaired) electrons. The lowest BCUT2D eigenvalue weighted by Gasteiger charge is -2.12. The molecule has 0 aliphatic rings. The van der Waals surface area contributed by atoms with Gasteiger partial charge in [0, 0.05) is 6.04 Å². The van der Waals surface area contributed by atoms with Gasteiger partial charge in [0.15, 0.2) is 0 Å². The number of H-pyrrole nitrogens is 1. The maximum atomic E-state index is 4.05. The molecule has 4 heteroatoms. The maximum Gasteiger partial charge on any atom is 0.138 e. The van der Waals surface area contributed by atoms with E-state index in [9.17, 15) is 0 Å². The van der Waals surface area contributed by atoms with Crippen LogP contribution >= 0.6 is 0 Å². The van der Waals surface area contributed by atoms with E-state index in [0.29, 0.717) is 12.6 Å². The molecule has 0 aliphatic heterocycles. The quantitative estimate of drug-likeness (QED) is 0.792. The van der Waals surface area contributed by atoms with Gasteiger partial charge in [-0.2, -0.15) is 5.10 Å². The van der Waals surface area contributed by atoms with Gasteiger partial charge < -0.3 is 5.32 Å². The number of hydrogen-bond acceptors (Lipinski definition) is 3. The number of aromatic amines is 1. The highest BCUT2D eigenvalue weighted by Gasteiger charge is 2.04. The Morgan fingerprint density at radius 2 is 2.13 bits per heavy atom. The molecule has 0 bridgehead atoms. The molecule has 0 saturated heterocycles. The first kappa shape index (κ1) is 9.86. The molecule has 4 nitrogen and oxygen atoms in total. The van der Waals surface area contributed by atoms with Crippen LogP contribution in [0.15, 0.2) is 36.7 Å². The van der Waals surface area contributed by atoms with Gasteiger partial charge in [0.05, 0.1) is 6.54 Å². The van der Waals surface area contributed by atoms with Crippen molar-refractivity contribution in [3.05, 3.63) is 48.0 Å². The minimum atomic E-state index is 0.316. The summed E-state index contributed by atoms with van der Waals surface area (Å²) in [6.45, 7) is 2.84. The molecule has 2 rings (SSSR count). The van der Waals surface area contributed by atoms with Crippen LogP contribution < -0.4 is 5.32 Å². The third-order valence-corrected chi connectivity index (χ3v) is 2.34. The smallest absolute Gasteiger partial charge is 0.138 e. The molecule has 1 atom stereocenters. The number of nitrogens with one attached hydrogen (secondary N) is 2. The van der Waals surface area contributed by atoms with Crippen molar-refractivity contribution < 1.29 is 0 Å². The molecular weight excluding hydrogens is 188 g/mol. The van der Waals surface area contributed by atoms with E-state index in [1.54, 1.807) is 0 Å². The lowest BCUT2D eigenvalue weighted by atomic mass is 10.1. The largest absolute Gasteiger partial charge is 0.303 e. The first-order valence-corrected chi connectivity index (χ1v) is 4.99. The summed E-state index contributed by atoms with van der Waals surface area (Å²) >= 11 is 0. The zero-order valence-corrected chi connectivity index (χ0v) is 8.64. The SMILES string of the molecule is CC(NCc1ncn[nH]1)c1ccccc1. The summed E-state index contributed by atoms with van der Waals surface area (Å²) in [4.78, 5) is 4.05. The molecule has 1 heterocycles. The topological polar surface area (TPSA) is 53.6 Å². The third kappa shape index (κ3) is 2.63. The van der Waals surface area contributed by atoms with E-state index in [4.69, 9.17) is 0 Å². The highest BCUT2D eigenvalue weighted by atomic mass is 15.2. The van der Waals surface area contributed by atoms with Crippen molar-refractivity contribution in [2.45, 2.75) is 19.5 Å². The zero-order valence-electron chi connectivity index (χ0n) is 8.64. The van der Waals surface area contributed by atoms with Crippen molar-refractivity contribution in [3.8, 4) is 0 Å². The van der Waals surface area contributed by atoms with Crippen LogP contribution in [0.1, 0.15) is 24.4 Å². The van der Waals surface area contributed by atoms with Crippen LogP contribution in [-0.2, 0) is 6.54 Å². The fourth-order valence-corrected chi connectivity index (χ4v) is 1.43. The number of benzene rings is 1. The van der Waals surface area contributed by atoms with Crippen LogP contribution in [0.4, 0.5) is 0 Å². The van der Waals surface area contributed by atoms with Gasteiger partial charge in [-0.3, -0.25) is 5.10 Å². The zero-order chi connectivity index (χ0) is 10.5. The fraction of sp³-hybridized carbons (Fsp3) is 0.273. The minimum absolute atomic E-state index is 0.316. The molecule has 2 N–H and O–H groups in total. The molecule has 0 aliphatic carbocycles. The lowest BCUT2D eigenvalue weighted by Crippen LogP contribution is -2.18. The molecule has 15 heavy (non-hydrogen) atoms. The van der Waals surface area contributed by atoms with E-state index >= 15 is 0 Å². The third-order valence-electron chi connectivity index (χ3n) is 2.34. The summed E-state index contributed by atoms with van der Waals surface area (Å²) in [7, 11) is 0. The van der Waals surface area contributed by atoms with Crippen molar-refractivity contribution in [1.29, 1.82) is 0 Å². The number of rotatable bonds is 4. The van der Waals surface area contributed by atoms with Gasteiger partial charge in [-0.1, -0.05) is 30.3 Å². The summed E-state index contributed by atoms with van der Waals surface area (Å²) in [5, 5.41) is 9.98. The van der Waals surface area contributed by atoms with Gasteiger partial charge in [-0.05, 0) is 12.5 Å². The normalized spacial score (nSPS) is 12.6. The number of nitrogens with zero attached hydrogens (tertiary/aromatic N) is 2. The Kier molecular flexibility index (Phi) is 3.09. The molecule has 1 aromatic heterocycles. The summed E-state index contributed by atoms with van der Waals surface area (Å²) in [5.41, 5.74) is 1.28.